The van der Waals surface area contributed by atoms with Crippen molar-refractivity contribution in [3.8, 4) is 0 Å². The molecule has 1 unspecified atom stereocenters. The van der Waals surface area contributed by atoms with Crippen LogP contribution in [0.5, 0.6) is 0 Å². The summed E-state index contributed by atoms with van der Waals surface area (Å²) in [6.45, 7) is 1.61. The van der Waals surface area contributed by atoms with E-state index in [4.69, 9.17) is 0 Å². The molecule has 3 heterocycles. The molecule has 1 N–H and O–H groups in total. The van der Waals surface area contributed by atoms with Gasteiger partial charge in [0.15, 0.2) is 17.3 Å². The predicted octanol–water partition coefficient (Wildman–Crippen LogP) is 0.672. The molecule has 1 saturated heterocycles. The van der Waals surface area contributed by atoms with Gasteiger partial charge in [-0.1, -0.05) is 0 Å². The second-order valence-electron chi connectivity index (χ2n) is 4.71. The van der Waals surface area contributed by atoms with Crippen LogP contribution < -0.4 is 15.1 Å². The first-order valence-electron chi connectivity index (χ1n) is 6.09. The number of hydrogen-bond donors (Lipinski definition) is 1. The summed E-state index contributed by atoms with van der Waals surface area (Å²) in [5.74, 6) is 0.00731. The molecule has 0 radical (unpaired) electrons. The van der Waals surface area contributed by atoms with Gasteiger partial charge in [-0.25, -0.2) is 9.97 Å². The van der Waals surface area contributed by atoms with Crippen molar-refractivity contribution >= 4 is 29.9 Å². The Bertz CT molecular complexity index is 567. The molecule has 2 aliphatic rings. The van der Waals surface area contributed by atoms with Crippen LogP contribution >= 0.6 is 12.4 Å². The molecule has 21 heavy (non-hydrogen) atoms. The number of hydrogen-bond acceptors (Lipinski definition) is 5. The first-order chi connectivity index (χ1) is 9.39. The van der Waals surface area contributed by atoms with Crippen molar-refractivity contribution in [2.45, 2.75) is 12.2 Å². The second kappa shape index (κ2) is 5.30. The Kier molecular flexibility index (Phi) is 3.98. The summed E-state index contributed by atoms with van der Waals surface area (Å²) in [6, 6.07) is -0.438. The van der Waals surface area contributed by atoms with Gasteiger partial charge in [0.25, 0.3) is 5.91 Å². The minimum Gasteiger partial charge on any atom is -0.339 e. The minimum absolute atomic E-state index is 0. The molecule has 1 amide bonds. The van der Waals surface area contributed by atoms with Crippen LogP contribution in [0.3, 0.4) is 0 Å². The van der Waals surface area contributed by atoms with Gasteiger partial charge >= 0.3 is 6.18 Å². The zero-order chi connectivity index (χ0) is 14.5. The number of fused-ring (bicyclic) bond motifs is 3. The third-order valence-electron chi connectivity index (χ3n) is 3.47. The van der Waals surface area contributed by atoms with Gasteiger partial charge in [0.1, 0.15) is 6.04 Å². The van der Waals surface area contributed by atoms with Crippen LogP contribution in [0.4, 0.5) is 24.8 Å². The number of rotatable bonds is 0. The van der Waals surface area contributed by atoms with Crippen molar-refractivity contribution in [2.75, 3.05) is 36.5 Å². The fourth-order valence-electron chi connectivity index (χ4n) is 2.44. The van der Waals surface area contributed by atoms with E-state index in [1.165, 1.54) is 7.05 Å². The van der Waals surface area contributed by atoms with Crippen LogP contribution in [0.25, 0.3) is 0 Å². The number of halogens is 4. The van der Waals surface area contributed by atoms with E-state index in [0.29, 0.717) is 31.6 Å². The molecule has 0 spiro atoms. The fraction of sp³-hybridized carbons (Fsp3) is 0.545. The molecule has 6 nitrogen and oxygen atoms in total. The largest absolute Gasteiger partial charge is 0.434 e. The monoisotopic (exact) mass is 323 g/mol. The minimum atomic E-state index is -4.58. The third-order valence-corrected chi connectivity index (χ3v) is 3.47. The lowest BCUT2D eigenvalue weighted by atomic mass is 10.1. The molecule has 1 aromatic rings. The van der Waals surface area contributed by atoms with Gasteiger partial charge in [-0.05, 0) is 0 Å². The predicted molar refractivity (Wildman–Crippen MR) is 71.7 cm³/mol. The van der Waals surface area contributed by atoms with Gasteiger partial charge in [-0.2, -0.15) is 13.2 Å². The van der Waals surface area contributed by atoms with E-state index in [1.807, 2.05) is 0 Å². The average molecular weight is 324 g/mol. The third kappa shape index (κ3) is 2.51. The highest BCUT2D eigenvalue weighted by molar-refractivity contribution is 6.03. The molecule has 116 valence electrons. The zero-order valence-electron chi connectivity index (χ0n) is 11.0. The Morgan fingerprint density at radius 2 is 2.10 bits per heavy atom. The van der Waals surface area contributed by atoms with Crippen molar-refractivity contribution < 1.29 is 18.0 Å². The number of likely N-dealkylation sites (N-methyl/N-ethyl adjacent to an activating group) is 1. The highest BCUT2D eigenvalue weighted by atomic mass is 35.5. The lowest BCUT2D eigenvalue weighted by Gasteiger charge is -2.42. The van der Waals surface area contributed by atoms with E-state index in [1.54, 1.807) is 4.90 Å². The number of aromatic nitrogens is 2. The van der Waals surface area contributed by atoms with Gasteiger partial charge in [0.05, 0.1) is 6.20 Å². The van der Waals surface area contributed by atoms with E-state index in [0.717, 1.165) is 4.90 Å². The summed E-state index contributed by atoms with van der Waals surface area (Å²) in [7, 11) is 1.42. The van der Waals surface area contributed by atoms with Crippen LogP contribution in [-0.2, 0) is 11.0 Å². The van der Waals surface area contributed by atoms with Gasteiger partial charge in [0.2, 0.25) is 0 Å². The van der Waals surface area contributed by atoms with E-state index < -0.39 is 17.9 Å². The van der Waals surface area contributed by atoms with Crippen LogP contribution in [0.1, 0.15) is 5.69 Å². The van der Waals surface area contributed by atoms with Crippen LogP contribution in [-0.4, -0.2) is 48.6 Å². The van der Waals surface area contributed by atoms with Crippen LogP contribution in [0, 0.1) is 0 Å². The number of amides is 1. The molecule has 2 aliphatic heterocycles. The Hall–Kier alpha value is -1.61. The number of nitrogens with zero attached hydrogens (tertiary/aromatic N) is 4. The van der Waals surface area contributed by atoms with Crippen molar-refractivity contribution in [2.24, 2.45) is 0 Å². The Balaban J connectivity index is 0.00000161. The maximum absolute atomic E-state index is 12.7. The number of nitrogens with one attached hydrogen (secondary N) is 1. The topological polar surface area (TPSA) is 61.4 Å². The molecular weight excluding hydrogens is 311 g/mol. The maximum atomic E-state index is 12.7. The summed E-state index contributed by atoms with van der Waals surface area (Å²) < 4.78 is 38.1. The molecule has 10 heteroatoms. The van der Waals surface area contributed by atoms with Crippen molar-refractivity contribution in [1.29, 1.82) is 0 Å². The number of carbonyl (C=O) groups excluding carboxylic acids is 1. The number of alkyl halides is 3. The molecular formula is C11H13ClF3N5O. The molecule has 0 bridgehead atoms. The molecule has 3 rings (SSSR count). The molecule has 1 aromatic heterocycles. The SMILES string of the molecule is CN1C(=O)C2CNCCN2c2ncc(C(F)(F)F)nc21.Cl. The highest BCUT2D eigenvalue weighted by Crippen LogP contribution is 2.35. The number of anilines is 2. The average Bonchev–Trinajstić information content (AvgIpc) is 2.43. The quantitative estimate of drug-likeness (QED) is 0.760. The lowest BCUT2D eigenvalue weighted by molar-refractivity contribution is -0.141. The summed E-state index contributed by atoms with van der Waals surface area (Å²) in [5.41, 5.74) is -1.09. The second-order valence-corrected chi connectivity index (χ2v) is 4.71. The highest BCUT2D eigenvalue weighted by Gasteiger charge is 2.42. The lowest BCUT2D eigenvalue weighted by Crippen LogP contribution is -2.61. The van der Waals surface area contributed by atoms with Gasteiger partial charge in [-0.3, -0.25) is 9.69 Å². The number of piperazine rings is 1. The summed E-state index contributed by atoms with van der Waals surface area (Å²) in [5, 5.41) is 3.08. The zero-order valence-corrected chi connectivity index (χ0v) is 11.8. The van der Waals surface area contributed by atoms with E-state index >= 15 is 0 Å². The van der Waals surface area contributed by atoms with Gasteiger partial charge in [-0.15, -0.1) is 12.4 Å². The normalized spacial score (nSPS) is 21.5. The fourth-order valence-corrected chi connectivity index (χ4v) is 2.44. The molecule has 1 fully saturated rings. The molecule has 0 saturated carbocycles. The Labute approximate surface area is 124 Å². The molecule has 1 atom stereocenters. The smallest absolute Gasteiger partial charge is 0.339 e. The van der Waals surface area contributed by atoms with Crippen LogP contribution in [0.15, 0.2) is 6.20 Å². The van der Waals surface area contributed by atoms with Gasteiger partial charge < -0.3 is 10.2 Å². The first kappa shape index (κ1) is 15.8. The first-order valence-corrected chi connectivity index (χ1v) is 6.09. The summed E-state index contributed by atoms with van der Waals surface area (Å²) >= 11 is 0. The molecule has 0 aromatic carbocycles. The van der Waals surface area contributed by atoms with Crippen molar-refractivity contribution in [1.82, 2.24) is 15.3 Å². The Morgan fingerprint density at radius 1 is 1.38 bits per heavy atom. The molecule has 0 aliphatic carbocycles. The van der Waals surface area contributed by atoms with Crippen LogP contribution in [0.2, 0.25) is 0 Å². The van der Waals surface area contributed by atoms with Crippen molar-refractivity contribution in [3.63, 3.8) is 0 Å². The van der Waals surface area contributed by atoms with E-state index in [2.05, 4.69) is 15.3 Å². The summed E-state index contributed by atoms with van der Waals surface area (Å²) in [4.78, 5) is 22.5. The van der Waals surface area contributed by atoms with Crippen molar-refractivity contribution in [3.05, 3.63) is 11.9 Å². The number of carbonyl (C=O) groups is 1. The van der Waals surface area contributed by atoms with E-state index in [-0.39, 0.29) is 24.1 Å². The summed E-state index contributed by atoms with van der Waals surface area (Å²) in [6.07, 6.45) is -3.87. The Morgan fingerprint density at radius 3 is 2.76 bits per heavy atom. The van der Waals surface area contributed by atoms with E-state index in [9.17, 15) is 18.0 Å². The van der Waals surface area contributed by atoms with Gasteiger partial charge in [0, 0.05) is 26.7 Å². The standard InChI is InChI=1S/C11H12F3N5O.ClH/c1-18-9-8(16-5-7(17-9)11(12,13)14)19-3-2-15-4-6(19)10(18)20;/h5-6,15H,2-4H2,1H3;1H. The maximum Gasteiger partial charge on any atom is 0.434 e.